The number of ether oxygens (including phenoxy) is 3. The molecule has 0 saturated carbocycles. The molecule has 0 aliphatic heterocycles. The molecule has 0 spiro atoms. The van der Waals surface area contributed by atoms with Crippen LogP contribution in [0.1, 0.15) is 30.4 Å². The molecule has 0 radical (unpaired) electrons. The first-order chi connectivity index (χ1) is 16.3. The van der Waals surface area contributed by atoms with Gasteiger partial charge in [-0.15, -0.1) is 13.2 Å². The van der Waals surface area contributed by atoms with E-state index in [1.165, 1.54) is 19.1 Å². The zero-order valence-electron chi connectivity index (χ0n) is 18.0. The summed E-state index contributed by atoms with van der Waals surface area (Å²) in [5.41, 5.74) is 3.93. The van der Waals surface area contributed by atoms with Crippen molar-refractivity contribution in [2.45, 2.75) is 25.6 Å². The molecule has 0 aromatic heterocycles. The number of hydrogen-bond donors (Lipinski definition) is 1. The lowest BCUT2D eigenvalue weighted by Crippen LogP contribution is -2.21. The Morgan fingerprint density at radius 3 is 2.12 bits per heavy atom. The fourth-order valence-corrected chi connectivity index (χ4v) is 3.86. The van der Waals surface area contributed by atoms with Crippen molar-refractivity contribution in [3.63, 3.8) is 0 Å². The Morgan fingerprint density at radius 1 is 0.912 bits per heavy atom. The highest BCUT2D eigenvalue weighted by molar-refractivity contribution is 5.89. The van der Waals surface area contributed by atoms with E-state index in [1.54, 1.807) is 0 Å². The summed E-state index contributed by atoms with van der Waals surface area (Å²) >= 11 is 0. The van der Waals surface area contributed by atoms with Gasteiger partial charge in [0, 0.05) is 12.3 Å². The number of anilines is 1. The van der Waals surface area contributed by atoms with Gasteiger partial charge in [0.25, 0.3) is 0 Å². The van der Waals surface area contributed by atoms with Gasteiger partial charge in [-0.3, -0.25) is 10.1 Å². The molecule has 0 atom stereocenters. The second-order valence-corrected chi connectivity index (χ2v) is 7.46. The van der Waals surface area contributed by atoms with Gasteiger partial charge in [0.2, 0.25) is 0 Å². The van der Waals surface area contributed by atoms with Crippen molar-refractivity contribution in [3.05, 3.63) is 77.9 Å². The first-order valence-electron chi connectivity index (χ1n) is 10.5. The van der Waals surface area contributed by atoms with E-state index >= 15 is 0 Å². The summed E-state index contributed by atoms with van der Waals surface area (Å²) in [6.07, 6.45) is -6.03. The molecule has 1 amide bonds. The van der Waals surface area contributed by atoms with Crippen LogP contribution in [0.2, 0.25) is 0 Å². The minimum absolute atomic E-state index is 0.00266. The number of benzene rings is 3. The molecule has 4 rings (SSSR count). The topological polar surface area (TPSA) is 73.9 Å². The van der Waals surface area contributed by atoms with Gasteiger partial charge in [-0.25, -0.2) is 4.79 Å². The number of carbonyl (C=O) groups excluding carboxylic acids is 2. The van der Waals surface area contributed by atoms with Crippen LogP contribution in [0.4, 0.5) is 23.7 Å². The summed E-state index contributed by atoms with van der Waals surface area (Å²) in [5.74, 6) is -2.31. The third kappa shape index (κ3) is 4.98. The largest absolute Gasteiger partial charge is 0.573 e. The normalized spacial score (nSPS) is 12.5. The summed E-state index contributed by atoms with van der Waals surface area (Å²) in [5, 5.41) is 2.35. The van der Waals surface area contributed by atoms with Crippen molar-refractivity contribution in [1.29, 1.82) is 0 Å². The van der Waals surface area contributed by atoms with E-state index in [0.29, 0.717) is 0 Å². The molecule has 34 heavy (non-hydrogen) atoms. The maximum absolute atomic E-state index is 12.8. The zero-order chi connectivity index (χ0) is 24.3. The molecule has 6 nitrogen and oxygen atoms in total. The molecule has 1 aliphatic rings. The molecule has 3 aromatic rings. The summed E-state index contributed by atoms with van der Waals surface area (Å²) in [6.45, 7) is 1.48. The predicted octanol–water partition coefficient (Wildman–Crippen LogP) is 6.26. The smallest absolute Gasteiger partial charge is 0.448 e. The van der Waals surface area contributed by atoms with Crippen LogP contribution in [-0.2, 0) is 9.53 Å². The first kappa shape index (κ1) is 23.2. The van der Waals surface area contributed by atoms with Gasteiger partial charge >= 0.3 is 18.4 Å². The Bertz CT molecular complexity index is 1180. The summed E-state index contributed by atoms with van der Waals surface area (Å²) in [6, 6.07) is 19.1. The Kier molecular flexibility index (Phi) is 6.45. The van der Waals surface area contributed by atoms with Gasteiger partial charge < -0.3 is 14.2 Å². The second kappa shape index (κ2) is 9.46. The van der Waals surface area contributed by atoms with Crippen LogP contribution in [-0.4, -0.2) is 25.0 Å². The number of para-hydroxylation sites is 1. The molecule has 0 unspecified atom stereocenters. The number of esters is 1. The maximum atomic E-state index is 12.8. The number of carbonyl (C=O) groups is 2. The molecule has 0 fully saturated rings. The molecule has 9 heteroatoms. The number of fused-ring (bicyclic) bond motifs is 3. The minimum atomic E-state index is -5.02. The highest BCUT2D eigenvalue weighted by atomic mass is 19.4. The average Bonchev–Trinajstić information content (AvgIpc) is 3.12. The molecule has 3 aromatic carbocycles. The number of hydrogen-bond acceptors (Lipinski definition) is 5. The van der Waals surface area contributed by atoms with E-state index in [2.05, 4.69) is 10.1 Å². The van der Waals surface area contributed by atoms with Crippen LogP contribution in [0, 0.1) is 0 Å². The van der Waals surface area contributed by atoms with Crippen molar-refractivity contribution >= 4 is 17.7 Å². The quantitative estimate of drug-likeness (QED) is 0.339. The van der Waals surface area contributed by atoms with Crippen molar-refractivity contribution in [1.82, 2.24) is 0 Å². The van der Waals surface area contributed by atoms with Gasteiger partial charge in [0.1, 0.15) is 6.61 Å². The van der Waals surface area contributed by atoms with Crippen molar-refractivity contribution in [2.24, 2.45) is 0 Å². The summed E-state index contributed by atoms with van der Waals surface area (Å²) in [7, 11) is 0. The lowest BCUT2D eigenvalue weighted by molar-refractivity contribution is -0.275. The Morgan fingerprint density at radius 2 is 1.53 bits per heavy atom. The number of amides is 1. The molecule has 1 aliphatic carbocycles. The molecule has 1 N–H and O–H groups in total. The van der Waals surface area contributed by atoms with Crippen LogP contribution in [0.3, 0.4) is 0 Å². The zero-order valence-corrected chi connectivity index (χ0v) is 18.0. The van der Waals surface area contributed by atoms with E-state index in [-0.39, 0.29) is 24.6 Å². The highest BCUT2D eigenvalue weighted by Crippen LogP contribution is 2.44. The third-order valence-corrected chi connectivity index (χ3v) is 5.29. The fourth-order valence-electron chi connectivity index (χ4n) is 3.86. The van der Waals surface area contributed by atoms with E-state index < -0.39 is 29.9 Å². The SMILES string of the molecule is CCC(=O)Oc1c(NC(=O)OCC2c3ccccc3-c3ccccc32)cccc1OC(F)(F)F. The summed E-state index contributed by atoms with van der Waals surface area (Å²) in [4.78, 5) is 24.3. The second-order valence-electron chi connectivity index (χ2n) is 7.46. The number of rotatable bonds is 6. The number of halogens is 3. The average molecular weight is 471 g/mol. The van der Waals surface area contributed by atoms with E-state index in [1.807, 2.05) is 48.5 Å². The lowest BCUT2D eigenvalue weighted by atomic mass is 9.98. The van der Waals surface area contributed by atoms with Crippen LogP contribution < -0.4 is 14.8 Å². The standard InChI is InChI=1S/C25H20F3NO5/c1-2-22(30)33-23-20(12-7-13-21(23)34-25(26,27)28)29-24(31)32-14-19-17-10-5-3-8-15(17)16-9-4-6-11-18(16)19/h3-13,19H,2,14H2,1H3,(H,29,31). The van der Waals surface area contributed by atoms with Crippen LogP contribution in [0.25, 0.3) is 11.1 Å². The van der Waals surface area contributed by atoms with Crippen molar-refractivity contribution in [2.75, 3.05) is 11.9 Å². The molecule has 176 valence electrons. The van der Waals surface area contributed by atoms with Gasteiger partial charge in [-0.2, -0.15) is 0 Å². The van der Waals surface area contributed by atoms with Crippen molar-refractivity contribution in [3.8, 4) is 22.6 Å². The Labute approximate surface area is 193 Å². The van der Waals surface area contributed by atoms with Gasteiger partial charge in [-0.1, -0.05) is 61.5 Å². The molecular formula is C25H20F3NO5. The van der Waals surface area contributed by atoms with Gasteiger partial charge in [0.15, 0.2) is 11.5 Å². The van der Waals surface area contributed by atoms with Gasteiger partial charge in [0.05, 0.1) is 5.69 Å². The minimum Gasteiger partial charge on any atom is -0.448 e. The molecule has 0 bridgehead atoms. The lowest BCUT2D eigenvalue weighted by Gasteiger charge is -2.17. The van der Waals surface area contributed by atoms with Crippen LogP contribution in [0.5, 0.6) is 11.5 Å². The highest BCUT2D eigenvalue weighted by Gasteiger charge is 2.34. The first-order valence-corrected chi connectivity index (χ1v) is 10.5. The fraction of sp³-hybridized carbons (Fsp3) is 0.200. The molecule has 0 saturated heterocycles. The number of nitrogens with one attached hydrogen (secondary N) is 1. The van der Waals surface area contributed by atoms with E-state index in [4.69, 9.17) is 9.47 Å². The van der Waals surface area contributed by atoms with Crippen LogP contribution >= 0.6 is 0 Å². The molecular weight excluding hydrogens is 451 g/mol. The summed E-state index contributed by atoms with van der Waals surface area (Å²) < 4.78 is 52.8. The van der Waals surface area contributed by atoms with E-state index in [0.717, 1.165) is 28.3 Å². The van der Waals surface area contributed by atoms with E-state index in [9.17, 15) is 22.8 Å². The van der Waals surface area contributed by atoms with Crippen LogP contribution in [0.15, 0.2) is 66.7 Å². The Hall–Kier alpha value is -4.01. The monoisotopic (exact) mass is 471 g/mol. The Balaban J connectivity index is 1.52. The number of alkyl halides is 3. The molecule has 0 heterocycles. The third-order valence-electron chi connectivity index (χ3n) is 5.29. The maximum Gasteiger partial charge on any atom is 0.573 e. The van der Waals surface area contributed by atoms with Gasteiger partial charge in [-0.05, 0) is 34.4 Å². The van der Waals surface area contributed by atoms with Crippen molar-refractivity contribution < 1.29 is 37.0 Å². The predicted molar refractivity (Wildman–Crippen MR) is 118 cm³/mol.